The summed E-state index contributed by atoms with van der Waals surface area (Å²) in [5.74, 6) is 0.466. The Hall–Kier alpha value is -1.03. The van der Waals surface area contributed by atoms with E-state index in [0.29, 0.717) is 27.1 Å². The number of fused-ring (bicyclic) bond motifs is 1. The molecule has 0 saturated heterocycles. The summed E-state index contributed by atoms with van der Waals surface area (Å²) in [6.07, 6.45) is 0. The summed E-state index contributed by atoms with van der Waals surface area (Å²) in [6.45, 7) is 2.00. The van der Waals surface area contributed by atoms with Crippen LogP contribution in [0.1, 0.15) is 5.56 Å². The fourth-order valence-corrected chi connectivity index (χ4v) is 2.92. The minimum Gasteiger partial charge on any atom is -0.435 e. The molecule has 0 unspecified atom stereocenters. The van der Waals surface area contributed by atoms with Crippen molar-refractivity contribution in [1.82, 2.24) is 4.98 Å². The average Bonchev–Trinajstić information content (AvgIpc) is 2.76. The summed E-state index contributed by atoms with van der Waals surface area (Å²) in [4.78, 5) is 4.47. The molecule has 0 aliphatic rings. The molecule has 2 nitrogen and oxygen atoms in total. The molecule has 0 spiro atoms. The zero-order valence-electron chi connectivity index (χ0n) is 9.88. The highest BCUT2D eigenvalue weighted by Crippen LogP contribution is 2.34. The van der Waals surface area contributed by atoms with Crippen LogP contribution < -0.4 is 0 Å². The number of aromatic nitrogens is 1. The first kappa shape index (κ1) is 13.0. The fraction of sp³-hybridized carbons (Fsp3) is 0.0714. The van der Waals surface area contributed by atoms with E-state index in [0.717, 1.165) is 15.6 Å². The molecule has 0 bridgehead atoms. The number of rotatable bonds is 1. The summed E-state index contributed by atoms with van der Waals surface area (Å²) in [6, 6.07) is 9.16. The van der Waals surface area contributed by atoms with Crippen molar-refractivity contribution in [2.75, 3.05) is 0 Å². The van der Waals surface area contributed by atoms with E-state index in [-0.39, 0.29) is 0 Å². The van der Waals surface area contributed by atoms with Gasteiger partial charge in [-0.15, -0.1) is 0 Å². The van der Waals surface area contributed by atoms with E-state index in [4.69, 9.17) is 27.6 Å². The van der Waals surface area contributed by atoms with Gasteiger partial charge in [-0.3, -0.25) is 0 Å². The van der Waals surface area contributed by atoms with E-state index in [1.54, 1.807) is 18.2 Å². The van der Waals surface area contributed by atoms with Gasteiger partial charge in [0.05, 0.1) is 15.1 Å². The standard InChI is InChI=1S/C14H8BrCl2NO/c1-7-4-10(15)13-12(5-7)18-14(19-13)9-6-8(16)2-3-11(9)17/h2-6H,1H3. The van der Waals surface area contributed by atoms with Gasteiger partial charge in [-0.1, -0.05) is 23.2 Å². The van der Waals surface area contributed by atoms with Crippen LogP contribution in [0.4, 0.5) is 0 Å². The number of oxazole rings is 1. The molecule has 0 atom stereocenters. The third-order valence-electron chi connectivity index (χ3n) is 2.75. The summed E-state index contributed by atoms with van der Waals surface area (Å²) in [5.41, 5.74) is 3.29. The van der Waals surface area contributed by atoms with Gasteiger partial charge in [-0.25, -0.2) is 4.98 Å². The van der Waals surface area contributed by atoms with Gasteiger partial charge in [0, 0.05) is 5.02 Å². The van der Waals surface area contributed by atoms with Gasteiger partial charge in [-0.2, -0.15) is 0 Å². The Balaban J connectivity index is 2.26. The number of nitrogens with zero attached hydrogens (tertiary/aromatic N) is 1. The molecule has 5 heteroatoms. The molecule has 3 aromatic rings. The van der Waals surface area contributed by atoms with Crippen LogP contribution in [0.2, 0.25) is 10.0 Å². The number of hydrogen-bond donors (Lipinski definition) is 0. The van der Waals surface area contributed by atoms with E-state index in [9.17, 15) is 0 Å². The van der Waals surface area contributed by atoms with Crippen LogP contribution in [-0.4, -0.2) is 4.98 Å². The summed E-state index contributed by atoms with van der Waals surface area (Å²) < 4.78 is 6.65. The van der Waals surface area contributed by atoms with Gasteiger partial charge < -0.3 is 4.42 Å². The first-order chi connectivity index (χ1) is 9.04. The van der Waals surface area contributed by atoms with Crippen molar-refractivity contribution in [1.29, 1.82) is 0 Å². The number of aryl methyl sites for hydroxylation is 1. The molecule has 1 aromatic heterocycles. The first-order valence-electron chi connectivity index (χ1n) is 5.57. The molecule has 2 aromatic carbocycles. The zero-order valence-corrected chi connectivity index (χ0v) is 13.0. The lowest BCUT2D eigenvalue weighted by molar-refractivity contribution is 0.618. The van der Waals surface area contributed by atoms with Crippen LogP contribution in [0.5, 0.6) is 0 Å². The van der Waals surface area contributed by atoms with Crippen molar-refractivity contribution in [2.24, 2.45) is 0 Å². The van der Waals surface area contributed by atoms with Crippen molar-refractivity contribution in [3.63, 3.8) is 0 Å². The van der Waals surface area contributed by atoms with Crippen molar-refractivity contribution < 1.29 is 4.42 Å². The maximum Gasteiger partial charge on any atom is 0.228 e. The summed E-state index contributed by atoms with van der Waals surface area (Å²) in [5, 5.41) is 1.15. The molecule has 0 amide bonds. The molecule has 3 rings (SSSR count). The molecule has 19 heavy (non-hydrogen) atoms. The number of benzene rings is 2. The monoisotopic (exact) mass is 355 g/mol. The van der Waals surface area contributed by atoms with E-state index >= 15 is 0 Å². The van der Waals surface area contributed by atoms with Crippen molar-refractivity contribution in [3.8, 4) is 11.5 Å². The third-order valence-corrected chi connectivity index (χ3v) is 3.90. The molecule has 0 saturated carbocycles. The minimum atomic E-state index is 0.466. The second-order valence-electron chi connectivity index (χ2n) is 4.24. The Morgan fingerprint density at radius 3 is 2.74 bits per heavy atom. The predicted molar refractivity (Wildman–Crippen MR) is 81.9 cm³/mol. The molecule has 0 aliphatic heterocycles. The largest absolute Gasteiger partial charge is 0.435 e. The van der Waals surface area contributed by atoms with E-state index < -0.39 is 0 Å². The highest BCUT2D eigenvalue weighted by atomic mass is 79.9. The Kier molecular flexibility index (Phi) is 3.29. The molecule has 96 valence electrons. The maximum absolute atomic E-state index is 6.16. The van der Waals surface area contributed by atoms with Crippen LogP contribution in [0.25, 0.3) is 22.6 Å². The maximum atomic E-state index is 6.16. The predicted octanol–water partition coefficient (Wildman–Crippen LogP) is 5.87. The van der Waals surface area contributed by atoms with E-state index in [1.807, 2.05) is 19.1 Å². The van der Waals surface area contributed by atoms with E-state index in [1.165, 1.54) is 0 Å². The van der Waals surface area contributed by atoms with Gasteiger partial charge in [0.15, 0.2) is 5.58 Å². The Morgan fingerprint density at radius 1 is 1.16 bits per heavy atom. The van der Waals surface area contributed by atoms with Gasteiger partial charge in [-0.05, 0) is 58.7 Å². The molecule has 0 N–H and O–H groups in total. The van der Waals surface area contributed by atoms with Crippen LogP contribution in [0, 0.1) is 6.92 Å². The van der Waals surface area contributed by atoms with Crippen molar-refractivity contribution in [2.45, 2.75) is 6.92 Å². The summed E-state index contributed by atoms with van der Waals surface area (Å²) >= 11 is 15.6. The van der Waals surface area contributed by atoms with Crippen molar-refractivity contribution >= 4 is 50.2 Å². The Morgan fingerprint density at radius 2 is 1.95 bits per heavy atom. The van der Waals surface area contributed by atoms with Crippen LogP contribution in [-0.2, 0) is 0 Å². The summed E-state index contributed by atoms with van der Waals surface area (Å²) in [7, 11) is 0. The highest BCUT2D eigenvalue weighted by Gasteiger charge is 2.14. The normalized spacial score (nSPS) is 11.2. The average molecular weight is 357 g/mol. The van der Waals surface area contributed by atoms with E-state index in [2.05, 4.69) is 20.9 Å². The lowest BCUT2D eigenvalue weighted by Crippen LogP contribution is -1.79. The zero-order chi connectivity index (χ0) is 13.6. The molecular formula is C14H8BrCl2NO. The van der Waals surface area contributed by atoms with Crippen molar-refractivity contribution in [3.05, 3.63) is 50.4 Å². The molecular weight excluding hydrogens is 349 g/mol. The SMILES string of the molecule is Cc1cc(Br)c2oc(-c3cc(Cl)ccc3Cl)nc2c1. The van der Waals surface area contributed by atoms with Crippen LogP contribution in [0.3, 0.4) is 0 Å². The van der Waals surface area contributed by atoms with Gasteiger partial charge in [0.25, 0.3) is 0 Å². The first-order valence-corrected chi connectivity index (χ1v) is 7.11. The van der Waals surface area contributed by atoms with Gasteiger partial charge in [0.2, 0.25) is 5.89 Å². The minimum absolute atomic E-state index is 0.466. The molecule has 0 radical (unpaired) electrons. The second-order valence-corrected chi connectivity index (χ2v) is 5.94. The van der Waals surface area contributed by atoms with Gasteiger partial charge >= 0.3 is 0 Å². The Bertz CT molecular complexity index is 782. The molecule has 1 heterocycles. The lowest BCUT2D eigenvalue weighted by Gasteiger charge is -1.99. The van der Waals surface area contributed by atoms with Gasteiger partial charge in [0.1, 0.15) is 5.52 Å². The highest BCUT2D eigenvalue weighted by molar-refractivity contribution is 9.10. The fourth-order valence-electron chi connectivity index (χ4n) is 1.90. The topological polar surface area (TPSA) is 26.0 Å². The third kappa shape index (κ3) is 2.38. The molecule has 0 fully saturated rings. The smallest absolute Gasteiger partial charge is 0.228 e. The quantitative estimate of drug-likeness (QED) is 0.544. The van der Waals surface area contributed by atoms with Crippen LogP contribution >= 0.6 is 39.1 Å². The molecule has 0 aliphatic carbocycles. The number of hydrogen-bond acceptors (Lipinski definition) is 2. The van der Waals surface area contributed by atoms with Crippen LogP contribution in [0.15, 0.2) is 39.2 Å². The lowest BCUT2D eigenvalue weighted by atomic mass is 10.2. The second kappa shape index (κ2) is 4.82. The Labute approximate surface area is 128 Å². The number of halogens is 3.